The highest BCUT2D eigenvalue weighted by Gasteiger charge is 2.19. The minimum atomic E-state index is -0.629. The minimum Gasteiger partial charge on any atom is -0.476 e. The molecule has 0 amide bonds. The summed E-state index contributed by atoms with van der Waals surface area (Å²) in [6.45, 7) is 6.11. The van der Waals surface area contributed by atoms with Crippen molar-refractivity contribution in [3.8, 4) is 5.88 Å². The van der Waals surface area contributed by atoms with Gasteiger partial charge in [-0.05, 0) is 32.4 Å². The van der Waals surface area contributed by atoms with Crippen molar-refractivity contribution in [1.29, 1.82) is 0 Å². The third-order valence-electron chi connectivity index (χ3n) is 2.70. The van der Waals surface area contributed by atoms with Crippen LogP contribution in [0.25, 0.3) is 0 Å². The van der Waals surface area contributed by atoms with Crippen molar-refractivity contribution >= 4 is 17.4 Å². The molecule has 0 saturated heterocycles. The Labute approximate surface area is 130 Å². The molecule has 6 nitrogen and oxygen atoms in total. The number of anilines is 1. The fourth-order valence-electron chi connectivity index (χ4n) is 1.73. The monoisotopic (exact) mass is 306 g/mol. The van der Waals surface area contributed by atoms with Crippen LogP contribution < -0.4 is 10.1 Å². The molecule has 0 fully saturated rings. The van der Waals surface area contributed by atoms with Crippen molar-refractivity contribution in [2.45, 2.75) is 33.6 Å². The van der Waals surface area contributed by atoms with Crippen molar-refractivity contribution in [1.82, 2.24) is 4.98 Å². The highest BCUT2D eigenvalue weighted by Crippen LogP contribution is 2.21. The summed E-state index contributed by atoms with van der Waals surface area (Å²) in [5.74, 6) is -0.474. The van der Waals surface area contributed by atoms with Crippen molar-refractivity contribution < 1.29 is 19.1 Å². The number of carbonyl (C=O) groups is 2. The number of ether oxygens (including phenoxy) is 2. The molecule has 0 bridgehead atoms. The summed E-state index contributed by atoms with van der Waals surface area (Å²) in [5, 5.41) is 2.91. The lowest BCUT2D eigenvalue weighted by atomic mass is 10.1. The molecule has 0 aliphatic rings. The molecule has 6 heteroatoms. The molecule has 0 saturated carbocycles. The van der Waals surface area contributed by atoms with E-state index in [4.69, 9.17) is 9.47 Å². The fourth-order valence-corrected chi connectivity index (χ4v) is 1.73. The molecule has 0 atom stereocenters. The number of rotatable bonds is 9. The van der Waals surface area contributed by atoms with Gasteiger partial charge in [-0.15, -0.1) is 0 Å². The maximum absolute atomic E-state index is 12.0. The average Bonchev–Trinajstić information content (AvgIpc) is 2.50. The number of Topliss-reactive ketones (excluding diaryl/α,β-unsaturated/α-hetero) is 1. The lowest BCUT2D eigenvalue weighted by molar-refractivity contribution is -0.140. The average molecular weight is 306 g/mol. The van der Waals surface area contributed by atoms with Crippen molar-refractivity contribution in [3.05, 3.63) is 30.1 Å². The van der Waals surface area contributed by atoms with E-state index >= 15 is 0 Å². The number of nitrogens with zero attached hydrogens (tertiary/aromatic N) is 1. The molecule has 0 aliphatic heterocycles. The van der Waals surface area contributed by atoms with Crippen molar-refractivity contribution in [2.24, 2.45) is 0 Å². The Morgan fingerprint density at radius 3 is 2.68 bits per heavy atom. The van der Waals surface area contributed by atoms with Gasteiger partial charge in [-0.25, -0.2) is 9.78 Å². The summed E-state index contributed by atoms with van der Waals surface area (Å²) >= 11 is 0. The van der Waals surface area contributed by atoms with Crippen LogP contribution in [0.3, 0.4) is 0 Å². The third-order valence-corrected chi connectivity index (χ3v) is 2.70. The summed E-state index contributed by atoms with van der Waals surface area (Å²) < 4.78 is 10.3. The van der Waals surface area contributed by atoms with E-state index in [1.54, 1.807) is 25.3 Å². The van der Waals surface area contributed by atoms with Crippen molar-refractivity contribution in [3.63, 3.8) is 0 Å². The van der Waals surface area contributed by atoms with Gasteiger partial charge in [-0.1, -0.05) is 6.92 Å². The zero-order valence-electron chi connectivity index (χ0n) is 13.2. The number of hydrogen-bond acceptors (Lipinski definition) is 6. The van der Waals surface area contributed by atoms with Gasteiger partial charge in [-0.3, -0.25) is 4.79 Å². The van der Waals surface area contributed by atoms with E-state index in [1.807, 2.05) is 13.8 Å². The highest BCUT2D eigenvalue weighted by molar-refractivity contribution is 6.17. The summed E-state index contributed by atoms with van der Waals surface area (Å²) in [5.41, 5.74) is 0.574. The first-order chi connectivity index (χ1) is 10.6. The molecule has 1 N–H and O–H groups in total. The van der Waals surface area contributed by atoms with Crippen LogP contribution in [0.5, 0.6) is 5.88 Å². The van der Waals surface area contributed by atoms with E-state index in [9.17, 15) is 9.59 Å². The van der Waals surface area contributed by atoms with Crippen LogP contribution in [-0.2, 0) is 14.3 Å². The molecule has 0 unspecified atom stereocenters. The predicted molar refractivity (Wildman–Crippen MR) is 83.7 cm³/mol. The standard InChI is InChI=1S/C16H22N2O4/c1-4-8-14(19)12(16(20)22-6-3)11-18-13-9-7-10-17-15(13)21-5-2/h7,9-11,18H,4-6,8H2,1-3H3/b12-11-. The van der Waals surface area contributed by atoms with Crippen LogP contribution in [0.1, 0.15) is 33.6 Å². The van der Waals surface area contributed by atoms with Gasteiger partial charge in [0.05, 0.1) is 13.2 Å². The van der Waals surface area contributed by atoms with Gasteiger partial charge in [0.25, 0.3) is 0 Å². The zero-order valence-corrected chi connectivity index (χ0v) is 13.2. The smallest absolute Gasteiger partial charge is 0.343 e. The molecule has 0 radical (unpaired) electrons. The normalized spacial score (nSPS) is 11.0. The summed E-state index contributed by atoms with van der Waals surface area (Å²) in [4.78, 5) is 28.0. The molecule has 1 aromatic heterocycles. The van der Waals surface area contributed by atoms with Crippen LogP contribution in [0.2, 0.25) is 0 Å². The second kappa shape index (κ2) is 9.55. The molecule has 1 rings (SSSR count). The van der Waals surface area contributed by atoms with Gasteiger partial charge >= 0.3 is 5.97 Å². The minimum absolute atomic E-state index is 0.00463. The molecule has 22 heavy (non-hydrogen) atoms. The lowest BCUT2D eigenvalue weighted by Crippen LogP contribution is -2.17. The van der Waals surface area contributed by atoms with E-state index in [0.29, 0.717) is 24.6 Å². The molecular weight excluding hydrogens is 284 g/mol. The van der Waals surface area contributed by atoms with Gasteiger partial charge in [0.1, 0.15) is 11.3 Å². The predicted octanol–water partition coefficient (Wildman–Crippen LogP) is 2.71. The Hall–Kier alpha value is -2.37. The maximum Gasteiger partial charge on any atom is 0.343 e. The van der Waals surface area contributed by atoms with Crippen LogP contribution in [0, 0.1) is 0 Å². The first kappa shape index (κ1) is 17.7. The topological polar surface area (TPSA) is 77.5 Å². The van der Waals surface area contributed by atoms with E-state index < -0.39 is 5.97 Å². The van der Waals surface area contributed by atoms with Crippen LogP contribution in [0.15, 0.2) is 30.1 Å². The van der Waals surface area contributed by atoms with Gasteiger partial charge in [0, 0.05) is 18.8 Å². The van der Waals surface area contributed by atoms with Gasteiger partial charge in [0.2, 0.25) is 5.88 Å². The van der Waals surface area contributed by atoms with Crippen LogP contribution in [-0.4, -0.2) is 30.0 Å². The summed E-state index contributed by atoms with van der Waals surface area (Å²) in [6, 6.07) is 3.48. The molecule has 0 spiro atoms. The number of nitrogens with one attached hydrogen (secondary N) is 1. The van der Waals surface area contributed by atoms with E-state index in [1.165, 1.54) is 6.20 Å². The lowest BCUT2D eigenvalue weighted by Gasteiger charge is -2.10. The largest absolute Gasteiger partial charge is 0.476 e. The molecular formula is C16H22N2O4. The number of esters is 1. The Balaban J connectivity index is 2.97. The van der Waals surface area contributed by atoms with Gasteiger partial charge in [-0.2, -0.15) is 0 Å². The second-order valence-corrected chi connectivity index (χ2v) is 4.39. The molecule has 120 valence electrons. The molecule has 1 aromatic rings. The Morgan fingerprint density at radius 2 is 2.05 bits per heavy atom. The first-order valence-electron chi connectivity index (χ1n) is 7.38. The van der Waals surface area contributed by atoms with E-state index in [-0.39, 0.29) is 24.4 Å². The first-order valence-corrected chi connectivity index (χ1v) is 7.38. The summed E-state index contributed by atoms with van der Waals surface area (Å²) in [7, 11) is 0. The SMILES string of the molecule is CCCC(=O)/C(=C/Nc1cccnc1OCC)C(=O)OCC. The number of ketones is 1. The van der Waals surface area contributed by atoms with E-state index in [0.717, 1.165) is 0 Å². The van der Waals surface area contributed by atoms with Crippen LogP contribution >= 0.6 is 0 Å². The van der Waals surface area contributed by atoms with E-state index in [2.05, 4.69) is 10.3 Å². The number of carbonyl (C=O) groups excluding carboxylic acids is 2. The number of hydrogen-bond donors (Lipinski definition) is 1. The summed E-state index contributed by atoms with van der Waals surface area (Å²) in [6.07, 6.45) is 3.91. The number of pyridine rings is 1. The molecule has 1 heterocycles. The van der Waals surface area contributed by atoms with Crippen molar-refractivity contribution in [2.75, 3.05) is 18.5 Å². The van der Waals surface area contributed by atoms with Gasteiger partial charge in [0.15, 0.2) is 5.78 Å². The maximum atomic E-state index is 12.0. The molecule has 0 aromatic carbocycles. The van der Waals surface area contributed by atoms with Crippen LogP contribution in [0.4, 0.5) is 5.69 Å². The third kappa shape index (κ3) is 5.20. The molecule has 0 aliphatic carbocycles. The van der Waals surface area contributed by atoms with Gasteiger partial charge < -0.3 is 14.8 Å². The fraction of sp³-hybridized carbons (Fsp3) is 0.438. The Kier molecular flexibility index (Phi) is 7.67. The second-order valence-electron chi connectivity index (χ2n) is 4.39. The Morgan fingerprint density at radius 1 is 1.27 bits per heavy atom. The zero-order chi connectivity index (χ0) is 16.4. The quantitative estimate of drug-likeness (QED) is 0.327. The Bertz CT molecular complexity index is 521. The highest BCUT2D eigenvalue weighted by atomic mass is 16.5. The number of aromatic nitrogens is 1.